The smallest absolute Gasteiger partial charge is 0.105 e. The van der Waals surface area contributed by atoms with Crippen molar-refractivity contribution in [2.45, 2.75) is 19.6 Å². The van der Waals surface area contributed by atoms with Crippen molar-refractivity contribution in [1.82, 2.24) is 0 Å². The first-order valence-electron chi connectivity index (χ1n) is 8.84. The Balaban J connectivity index is 1.04. The summed E-state index contributed by atoms with van der Waals surface area (Å²) in [5, 5.41) is 0. The van der Waals surface area contributed by atoms with Crippen molar-refractivity contribution < 1.29 is 8.83 Å². The SMILES string of the molecule is C(=C1SC2=C(S1)Sc1cocc1S2)c1ccc(C=C2SC3=C(S2)Sc2cocc2S3)s1. The first-order chi connectivity index (χ1) is 15.3. The second-order valence-corrected chi connectivity index (χ2v) is 17.4. The van der Waals surface area contributed by atoms with E-state index in [1.54, 1.807) is 0 Å². The fourth-order valence-electron chi connectivity index (χ4n) is 2.94. The van der Waals surface area contributed by atoms with Gasteiger partial charge in [-0.2, -0.15) is 0 Å². The molecule has 0 N–H and O–H groups in total. The first kappa shape index (κ1) is 20.4. The minimum absolute atomic E-state index is 1.23. The van der Waals surface area contributed by atoms with E-state index < -0.39 is 0 Å². The molecule has 0 amide bonds. The van der Waals surface area contributed by atoms with Crippen LogP contribution >= 0.6 is 105 Å². The fourth-order valence-corrected chi connectivity index (χ4v) is 15.4. The minimum Gasteiger partial charge on any atom is -0.470 e. The molecule has 0 bridgehead atoms. The van der Waals surface area contributed by atoms with Gasteiger partial charge in [-0.1, -0.05) is 94.1 Å². The van der Waals surface area contributed by atoms with E-state index in [4.69, 9.17) is 8.83 Å². The zero-order valence-electron chi connectivity index (χ0n) is 15.1. The molecule has 4 aliphatic heterocycles. The summed E-state index contributed by atoms with van der Waals surface area (Å²) in [6.45, 7) is 0. The minimum atomic E-state index is 1.23. The van der Waals surface area contributed by atoms with Crippen molar-refractivity contribution in [3.8, 4) is 0 Å². The van der Waals surface area contributed by atoms with Crippen molar-refractivity contribution in [2.24, 2.45) is 0 Å². The van der Waals surface area contributed by atoms with Crippen LogP contribution in [0, 0.1) is 0 Å². The highest BCUT2D eigenvalue weighted by Crippen LogP contribution is 2.65. The summed E-state index contributed by atoms with van der Waals surface area (Å²) in [4.78, 5) is 7.51. The van der Waals surface area contributed by atoms with Crippen molar-refractivity contribution in [1.29, 1.82) is 0 Å². The van der Waals surface area contributed by atoms with Crippen LogP contribution in [0.5, 0.6) is 0 Å². The predicted octanol–water partition coefficient (Wildman–Crippen LogP) is 10.5. The number of fused-ring (bicyclic) bond motifs is 2. The first-order valence-corrected chi connectivity index (χ1v) is 16.2. The van der Waals surface area contributed by atoms with Gasteiger partial charge in [0, 0.05) is 9.75 Å². The van der Waals surface area contributed by atoms with Gasteiger partial charge in [-0.3, -0.25) is 0 Å². The van der Waals surface area contributed by atoms with E-state index in [0.29, 0.717) is 0 Å². The maximum Gasteiger partial charge on any atom is 0.105 e. The van der Waals surface area contributed by atoms with Gasteiger partial charge in [-0.25, -0.2) is 0 Å². The Bertz CT molecular complexity index is 1180. The second-order valence-electron chi connectivity index (χ2n) is 6.33. The molecule has 7 heterocycles. The highest BCUT2D eigenvalue weighted by atomic mass is 32.3. The van der Waals surface area contributed by atoms with E-state index >= 15 is 0 Å². The van der Waals surface area contributed by atoms with E-state index in [1.807, 2.05) is 130 Å². The molecule has 0 aliphatic carbocycles. The third-order valence-corrected chi connectivity index (χ3v) is 16.1. The van der Waals surface area contributed by atoms with Crippen molar-refractivity contribution in [3.05, 3.63) is 72.4 Å². The van der Waals surface area contributed by atoms with E-state index in [0.717, 1.165) is 0 Å². The van der Waals surface area contributed by atoms with Crippen LogP contribution in [0.15, 0.2) is 91.0 Å². The average molecular weight is 569 g/mol. The Morgan fingerprint density at radius 1 is 0.484 bits per heavy atom. The van der Waals surface area contributed by atoms with E-state index in [9.17, 15) is 0 Å². The molecule has 0 fully saturated rings. The lowest BCUT2D eigenvalue weighted by Gasteiger charge is -2.09. The van der Waals surface area contributed by atoms with E-state index in [2.05, 4.69) is 24.3 Å². The maximum atomic E-state index is 5.34. The molecular weight excluding hydrogens is 561 g/mol. The Morgan fingerprint density at radius 2 is 0.839 bits per heavy atom. The van der Waals surface area contributed by atoms with Crippen LogP contribution in [0.25, 0.3) is 12.2 Å². The Morgan fingerprint density at radius 3 is 1.19 bits per heavy atom. The molecule has 0 aromatic carbocycles. The molecular formula is C20H8O2S9. The summed E-state index contributed by atoms with van der Waals surface area (Å²) >= 11 is 16.6. The predicted molar refractivity (Wildman–Crippen MR) is 146 cm³/mol. The van der Waals surface area contributed by atoms with Crippen molar-refractivity contribution >= 4 is 118 Å². The van der Waals surface area contributed by atoms with Crippen LogP contribution in [0.2, 0.25) is 0 Å². The summed E-state index contributed by atoms with van der Waals surface area (Å²) in [6, 6.07) is 4.46. The van der Waals surface area contributed by atoms with Gasteiger partial charge in [-0.15, -0.1) is 11.3 Å². The number of thioether (sulfide) groups is 8. The number of furan rings is 2. The quantitative estimate of drug-likeness (QED) is 0.297. The van der Waals surface area contributed by atoms with Crippen molar-refractivity contribution in [2.75, 3.05) is 0 Å². The summed E-state index contributed by atoms with van der Waals surface area (Å²) < 4.78 is 18.9. The molecule has 0 saturated carbocycles. The highest BCUT2D eigenvalue weighted by Gasteiger charge is 2.30. The highest BCUT2D eigenvalue weighted by molar-refractivity contribution is 8.42. The monoisotopic (exact) mass is 568 g/mol. The zero-order chi connectivity index (χ0) is 20.4. The molecule has 0 unspecified atom stereocenters. The molecule has 3 aromatic heterocycles. The number of hydrogen-bond acceptors (Lipinski definition) is 11. The molecule has 31 heavy (non-hydrogen) atoms. The van der Waals surface area contributed by atoms with Crippen LogP contribution in [-0.4, -0.2) is 0 Å². The van der Waals surface area contributed by atoms with Gasteiger partial charge < -0.3 is 8.83 Å². The fraction of sp³-hybridized carbons (Fsp3) is 0. The average Bonchev–Trinajstić information content (AvgIpc) is 3.55. The maximum absolute atomic E-state index is 5.34. The third-order valence-electron chi connectivity index (χ3n) is 4.27. The largest absolute Gasteiger partial charge is 0.470 e. The van der Waals surface area contributed by atoms with Gasteiger partial charge in [0.2, 0.25) is 0 Å². The summed E-state index contributed by atoms with van der Waals surface area (Å²) in [5.41, 5.74) is 0. The summed E-state index contributed by atoms with van der Waals surface area (Å²) in [6.07, 6.45) is 12.0. The second kappa shape index (κ2) is 8.35. The Hall–Kier alpha value is 0.0200. The zero-order valence-corrected chi connectivity index (χ0v) is 22.5. The molecule has 154 valence electrons. The molecule has 0 spiro atoms. The van der Waals surface area contributed by atoms with E-state index in [1.165, 1.54) is 54.8 Å². The van der Waals surface area contributed by atoms with Gasteiger partial charge in [0.25, 0.3) is 0 Å². The van der Waals surface area contributed by atoms with Gasteiger partial charge in [0.15, 0.2) is 0 Å². The van der Waals surface area contributed by atoms with Crippen molar-refractivity contribution in [3.63, 3.8) is 0 Å². The van der Waals surface area contributed by atoms with Crippen LogP contribution in [0.4, 0.5) is 0 Å². The number of hydrogen-bond donors (Lipinski definition) is 0. The van der Waals surface area contributed by atoms with Gasteiger partial charge in [0.1, 0.15) is 25.1 Å². The lowest BCUT2D eigenvalue weighted by Crippen LogP contribution is -1.79. The van der Waals surface area contributed by atoms with Crippen LogP contribution in [0.1, 0.15) is 9.75 Å². The topological polar surface area (TPSA) is 26.3 Å². The number of rotatable bonds is 2. The lowest BCUT2D eigenvalue weighted by molar-refractivity contribution is 0.558. The molecule has 3 aromatic rings. The van der Waals surface area contributed by atoms with E-state index in [-0.39, 0.29) is 0 Å². The van der Waals surface area contributed by atoms with Crippen LogP contribution in [0.3, 0.4) is 0 Å². The standard InChI is InChI=1S/C20H8O2S9/c1-2-10(4-16-30-19-20(31-16)27-14-8-22-7-13(14)26-19)23-9(1)3-15-28-17-18(29-15)25-12-6-21-5-11(12)24-17/h1-8H. The van der Waals surface area contributed by atoms with Crippen LogP contribution in [-0.2, 0) is 0 Å². The Labute approximate surface area is 216 Å². The van der Waals surface area contributed by atoms with Gasteiger partial charge in [0.05, 0.1) is 45.0 Å². The molecule has 0 saturated heterocycles. The van der Waals surface area contributed by atoms with Gasteiger partial charge >= 0.3 is 0 Å². The molecule has 2 nitrogen and oxygen atoms in total. The summed E-state index contributed by atoms with van der Waals surface area (Å²) in [5.74, 6) is 0. The molecule has 0 atom stereocenters. The Kier molecular flexibility index (Phi) is 5.50. The lowest BCUT2D eigenvalue weighted by atomic mass is 10.4. The van der Waals surface area contributed by atoms with Crippen LogP contribution < -0.4 is 0 Å². The third kappa shape index (κ3) is 3.97. The molecule has 7 rings (SSSR count). The normalized spacial score (nSPS) is 19.5. The van der Waals surface area contributed by atoms with Gasteiger partial charge in [-0.05, 0) is 24.3 Å². The molecule has 0 radical (unpaired) electrons. The molecule has 11 heteroatoms. The number of thiophene rings is 1. The molecule has 4 aliphatic rings. The summed E-state index contributed by atoms with van der Waals surface area (Å²) in [7, 11) is 0.